The van der Waals surface area contributed by atoms with Crippen molar-refractivity contribution in [3.05, 3.63) is 0 Å². The van der Waals surface area contributed by atoms with Crippen LogP contribution in [0.5, 0.6) is 0 Å². The van der Waals surface area contributed by atoms with Crippen LogP contribution in [0, 0.1) is 5.41 Å². The molecule has 0 unspecified atom stereocenters. The second-order valence-electron chi connectivity index (χ2n) is 5.79. The Morgan fingerprint density at radius 3 is 2.57 bits per heavy atom. The Morgan fingerprint density at radius 1 is 1.43 bits per heavy atom. The van der Waals surface area contributed by atoms with Gasteiger partial charge in [0, 0.05) is 17.8 Å². The molecule has 0 atom stereocenters. The van der Waals surface area contributed by atoms with Crippen LogP contribution < -0.4 is 5.32 Å². The zero-order valence-corrected chi connectivity index (χ0v) is 10.8. The summed E-state index contributed by atoms with van der Waals surface area (Å²) in [5, 5.41) is 4.60. The van der Waals surface area contributed by atoms with E-state index in [4.69, 9.17) is 0 Å². The molecule has 1 aliphatic rings. The summed E-state index contributed by atoms with van der Waals surface area (Å²) in [7, 11) is 0. The summed E-state index contributed by atoms with van der Waals surface area (Å²) in [4.78, 5) is 4.62. The van der Waals surface area contributed by atoms with Crippen molar-refractivity contribution in [1.29, 1.82) is 0 Å². The number of hydrogen-bond donors (Lipinski definition) is 1. The Balaban J connectivity index is 2.52. The topological polar surface area (TPSA) is 24.4 Å². The summed E-state index contributed by atoms with van der Waals surface area (Å²) in [6, 6.07) is 0. The SMILES string of the molecule is CC(C)(C)CN=C1NC(C)(C)CCS1. The van der Waals surface area contributed by atoms with Crippen LogP contribution in [0.25, 0.3) is 0 Å². The maximum atomic E-state index is 4.62. The van der Waals surface area contributed by atoms with Gasteiger partial charge in [0.2, 0.25) is 0 Å². The monoisotopic (exact) mass is 214 g/mol. The first-order valence-corrected chi connectivity index (χ1v) is 6.23. The Morgan fingerprint density at radius 2 is 2.07 bits per heavy atom. The van der Waals surface area contributed by atoms with Crippen LogP contribution in [-0.2, 0) is 0 Å². The summed E-state index contributed by atoms with van der Waals surface area (Å²) >= 11 is 1.85. The van der Waals surface area contributed by atoms with E-state index in [1.165, 1.54) is 12.2 Å². The van der Waals surface area contributed by atoms with Gasteiger partial charge in [-0.1, -0.05) is 32.5 Å². The van der Waals surface area contributed by atoms with Crippen LogP contribution in [0.3, 0.4) is 0 Å². The smallest absolute Gasteiger partial charge is 0.156 e. The van der Waals surface area contributed by atoms with Gasteiger partial charge in [0.15, 0.2) is 5.17 Å². The first-order valence-electron chi connectivity index (χ1n) is 5.24. The Bertz CT molecular complexity index is 226. The number of thioether (sulfide) groups is 1. The summed E-state index contributed by atoms with van der Waals surface area (Å²) in [5.41, 5.74) is 0.513. The van der Waals surface area contributed by atoms with E-state index in [2.05, 4.69) is 44.9 Å². The molecule has 0 radical (unpaired) electrons. The van der Waals surface area contributed by atoms with Crippen LogP contribution in [0.1, 0.15) is 41.0 Å². The Hall–Kier alpha value is -0.180. The number of aliphatic imine (C=N–C) groups is 1. The average molecular weight is 214 g/mol. The lowest BCUT2D eigenvalue weighted by Crippen LogP contribution is -2.46. The van der Waals surface area contributed by atoms with Gasteiger partial charge in [0.05, 0.1) is 0 Å². The molecular weight excluding hydrogens is 192 g/mol. The van der Waals surface area contributed by atoms with Gasteiger partial charge in [-0.3, -0.25) is 4.99 Å². The van der Waals surface area contributed by atoms with E-state index in [0.717, 1.165) is 11.7 Å². The second kappa shape index (κ2) is 4.13. The quantitative estimate of drug-likeness (QED) is 0.726. The number of nitrogens with zero attached hydrogens (tertiary/aromatic N) is 1. The number of rotatable bonds is 1. The van der Waals surface area contributed by atoms with E-state index < -0.39 is 0 Å². The van der Waals surface area contributed by atoms with Gasteiger partial charge < -0.3 is 5.32 Å². The third kappa shape index (κ3) is 4.36. The molecule has 1 heterocycles. The van der Waals surface area contributed by atoms with E-state index in [9.17, 15) is 0 Å². The molecule has 14 heavy (non-hydrogen) atoms. The van der Waals surface area contributed by atoms with E-state index in [1.54, 1.807) is 0 Å². The predicted octanol–water partition coefficient (Wildman–Crippen LogP) is 2.89. The van der Waals surface area contributed by atoms with Gasteiger partial charge in [-0.25, -0.2) is 0 Å². The van der Waals surface area contributed by atoms with Gasteiger partial charge in [-0.15, -0.1) is 0 Å². The largest absolute Gasteiger partial charge is 0.360 e. The summed E-state index contributed by atoms with van der Waals surface area (Å²) < 4.78 is 0. The highest BCUT2D eigenvalue weighted by Crippen LogP contribution is 2.22. The van der Waals surface area contributed by atoms with Gasteiger partial charge >= 0.3 is 0 Å². The lowest BCUT2D eigenvalue weighted by atomic mass is 9.97. The molecule has 1 saturated heterocycles. The minimum absolute atomic E-state index is 0.224. The van der Waals surface area contributed by atoms with Crippen LogP contribution >= 0.6 is 11.8 Å². The summed E-state index contributed by atoms with van der Waals surface area (Å²) in [5.74, 6) is 1.18. The van der Waals surface area contributed by atoms with Crippen molar-refractivity contribution >= 4 is 16.9 Å². The zero-order chi connectivity index (χ0) is 10.8. The van der Waals surface area contributed by atoms with Crippen molar-refractivity contribution in [1.82, 2.24) is 5.32 Å². The van der Waals surface area contributed by atoms with Crippen molar-refractivity contribution in [2.75, 3.05) is 12.3 Å². The molecule has 1 aliphatic heterocycles. The highest BCUT2D eigenvalue weighted by atomic mass is 32.2. The van der Waals surface area contributed by atoms with Gasteiger partial charge in [-0.2, -0.15) is 0 Å². The summed E-state index contributed by atoms with van der Waals surface area (Å²) in [6.07, 6.45) is 1.21. The van der Waals surface area contributed by atoms with Crippen LogP contribution in [-0.4, -0.2) is 23.0 Å². The maximum absolute atomic E-state index is 4.62. The molecule has 1 N–H and O–H groups in total. The molecule has 0 saturated carbocycles. The van der Waals surface area contributed by atoms with Crippen molar-refractivity contribution in [2.24, 2.45) is 10.4 Å². The van der Waals surface area contributed by atoms with Crippen LogP contribution in [0.15, 0.2) is 4.99 Å². The van der Waals surface area contributed by atoms with Crippen LogP contribution in [0.2, 0.25) is 0 Å². The fourth-order valence-electron chi connectivity index (χ4n) is 1.19. The molecule has 0 aromatic rings. The Kier molecular flexibility index (Phi) is 3.51. The minimum atomic E-state index is 0.224. The molecule has 0 spiro atoms. The molecule has 0 amide bonds. The van der Waals surface area contributed by atoms with Crippen molar-refractivity contribution in [2.45, 2.75) is 46.6 Å². The molecule has 0 bridgehead atoms. The first kappa shape index (κ1) is 11.9. The lowest BCUT2D eigenvalue weighted by Gasteiger charge is -2.32. The molecule has 3 heteroatoms. The average Bonchev–Trinajstić information content (AvgIpc) is 1.98. The van der Waals surface area contributed by atoms with Crippen LogP contribution in [0.4, 0.5) is 0 Å². The maximum Gasteiger partial charge on any atom is 0.156 e. The highest BCUT2D eigenvalue weighted by molar-refractivity contribution is 8.13. The Labute approximate surface area is 92.0 Å². The van der Waals surface area contributed by atoms with Crippen molar-refractivity contribution < 1.29 is 0 Å². The molecule has 0 aromatic heterocycles. The molecular formula is C11H22N2S. The number of amidine groups is 1. The van der Waals surface area contributed by atoms with Crippen molar-refractivity contribution in [3.63, 3.8) is 0 Å². The molecule has 2 nitrogen and oxygen atoms in total. The zero-order valence-electron chi connectivity index (χ0n) is 9.98. The third-order valence-electron chi connectivity index (χ3n) is 2.11. The second-order valence-corrected chi connectivity index (χ2v) is 6.87. The van der Waals surface area contributed by atoms with E-state index in [-0.39, 0.29) is 11.0 Å². The molecule has 1 rings (SSSR count). The molecule has 0 aromatic carbocycles. The van der Waals surface area contributed by atoms with Crippen molar-refractivity contribution in [3.8, 4) is 0 Å². The summed E-state index contributed by atoms with van der Waals surface area (Å²) in [6.45, 7) is 12.0. The van der Waals surface area contributed by atoms with Gasteiger partial charge in [0.1, 0.15) is 0 Å². The number of hydrogen-bond acceptors (Lipinski definition) is 2. The normalized spacial score (nSPS) is 24.8. The molecule has 0 aliphatic carbocycles. The predicted molar refractivity (Wildman–Crippen MR) is 66.0 cm³/mol. The van der Waals surface area contributed by atoms with E-state index >= 15 is 0 Å². The molecule has 1 fully saturated rings. The lowest BCUT2D eigenvalue weighted by molar-refractivity contribution is 0.421. The third-order valence-corrected chi connectivity index (χ3v) is 3.02. The fraction of sp³-hybridized carbons (Fsp3) is 0.909. The van der Waals surface area contributed by atoms with Gasteiger partial charge in [0.25, 0.3) is 0 Å². The number of nitrogens with one attached hydrogen (secondary N) is 1. The highest BCUT2D eigenvalue weighted by Gasteiger charge is 2.24. The minimum Gasteiger partial charge on any atom is -0.360 e. The van der Waals surface area contributed by atoms with E-state index in [1.807, 2.05) is 11.8 Å². The van der Waals surface area contributed by atoms with E-state index in [0.29, 0.717) is 0 Å². The molecule has 82 valence electrons. The van der Waals surface area contributed by atoms with Gasteiger partial charge in [-0.05, 0) is 25.7 Å². The first-order chi connectivity index (χ1) is 6.29. The standard InChI is InChI=1S/C11H22N2S/c1-10(2,3)8-12-9-13-11(4,5)6-7-14-9/h6-8H2,1-5H3,(H,12,13). The fourth-order valence-corrected chi connectivity index (χ4v) is 2.50.